The summed E-state index contributed by atoms with van der Waals surface area (Å²) in [4.78, 5) is 12.4. The van der Waals surface area contributed by atoms with Gasteiger partial charge in [0.25, 0.3) is 0 Å². The molecule has 0 radical (unpaired) electrons. The monoisotopic (exact) mass is 396 g/mol. The largest absolute Gasteiger partial charge is 0.449 e. The van der Waals surface area contributed by atoms with Gasteiger partial charge in [-0.2, -0.15) is 0 Å². The highest BCUT2D eigenvalue weighted by Gasteiger charge is 2.18. The second-order valence-electron chi connectivity index (χ2n) is 4.22. The maximum absolute atomic E-state index is 13.6. The van der Waals surface area contributed by atoms with Gasteiger partial charge in [-0.05, 0) is 46.3 Å². The molecule has 3 rings (SSSR count). The minimum Gasteiger partial charge on any atom is -0.449 e. The predicted molar refractivity (Wildman–Crippen MR) is 81.4 cm³/mol. The molecule has 0 spiro atoms. The number of furan rings is 1. The van der Waals surface area contributed by atoms with Crippen molar-refractivity contribution in [2.24, 2.45) is 0 Å². The zero-order valence-corrected chi connectivity index (χ0v) is 13.2. The van der Waals surface area contributed by atoms with Gasteiger partial charge < -0.3 is 4.42 Å². The smallest absolute Gasteiger partial charge is 0.229 e. The van der Waals surface area contributed by atoms with Gasteiger partial charge in [-0.25, -0.2) is 4.39 Å². The molecular formula is C15H7Br2FO2. The number of benzene rings is 2. The number of hydrogen-bond donors (Lipinski definition) is 0. The van der Waals surface area contributed by atoms with E-state index in [1.54, 1.807) is 36.4 Å². The van der Waals surface area contributed by atoms with E-state index >= 15 is 0 Å². The number of carbonyl (C=O) groups excluding carboxylic acids is 1. The SMILES string of the molecule is O=C(c1cc2cccc(F)c2o1)c1ccc(Br)cc1Br. The highest BCUT2D eigenvalue weighted by molar-refractivity contribution is 9.11. The van der Waals surface area contributed by atoms with E-state index in [1.807, 2.05) is 0 Å². The standard InChI is InChI=1S/C15H7Br2FO2/c16-9-4-5-10(11(17)7-9)14(19)13-6-8-2-1-3-12(18)15(8)20-13/h1-7H. The fourth-order valence-corrected chi connectivity index (χ4v) is 3.17. The summed E-state index contributed by atoms with van der Waals surface area (Å²) in [5, 5.41) is 0.571. The molecule has 1 aromatic heterocycles. The number of ketones is 1. The van der Waals surface area contributed by atoms with Crippen molar-refractivity contribution in [2.45, 2.75) is 0 Å². The number of fused-ring (bicyclic) bond motifs is 1. The molecule has 2 nitrogen and oxygen atoms in total. The van der Waals surface area contributed by atoms with Crippen LogP contribution in [0.15, 0.2) is 55.8 Å². The van der Waals surface area contributed by atoms with E-state index in [2.05, 4.69) is 31.9 Å². The van der Waals surface area contributed by atoms with Crippen LogP contribution in [0.4, 0.5) is 4.39 Å². The van der Waals surface area contributed by atoms with E-state index in [9.17, 15) is 9.18 Å². The summed E-state index contributed by atoms with van der Waals surface area (Å²) in [6.45, 7) is 0. The quantitative estimate of drug-likeness (QED) is 0.547. The molecule has 3 aromatic rings. The molecule has 0 saturated heterocycles. The lowest BCUT2D eigenvalue weighted by molar-refractivity contribution is 0.101. The van der Waals surface area contributed by atoms with Crippen LogP contribution in [0.2, 0.25) is 0 Å². The Kier molecular flexibility index (Phi) is 3.48. The molecule has 0 aliphatic heterocycles. The molecule has 0 bridgehead atoms. The van der Waals surface area contributed by atoms with Crippen molar-refractivity contribution in [3.8, 4) is 0 Å². The second-order valence-corrected chi connectivity index (χ2v) is 5.99. The Labute approximate surface area is 130 Å². The summed E-state index contributed by atoms with van der Waals surface area (Å²) >= 11 is 6.66. The van der Waals surface area contributed by atoms with Gasteiger partial charge in [0.05, 0.1) is 0 Å². The Balaban J connectivity index is 2.10. The van der Waals surface area contributed by atoms with Crippen LogP contribution < -0.4 is 0 Å². The highest BCUT2D eigenvalue weighted by atomic mass is 79.9. The van der Waals surface area contributed by atoms with Gasteiger partial charge in [-0.1, -0.05) is 28.1 Å². The van der Waals surface area contributed by atoms with E-state index in [-0.39, 0.29) is 17.1 Å². The van der Waals surface area contributed by atoms with Crippen molar-refractivity contribution in [3.63, 3.8) is 0 Å². The van der Waals surface area contributed by atoms with Gasteiger partial charge in [-0.3, -0.25) is 4.79 Å². The molecule has 0 aliphatic carbocycles. The van der Waals surface area contributed by atoms with Gasteiger partial charge in [0, 0.05) is 19.9 Å². The predicted octanol–water partition coefficient (Wildman–Crippen LogP) is 5.33. The van der Waals surface area contributed by atoms with Crippen LogP contribution in [0.5, 0.6) is 0 Å². The maximum Gasteiger partial charge on any atom is 0.229 e. The number of carbonyl (C=O) groups is 1. The first-order valence-electron chi connectivity index (χ1n) is 5.74. The lowest BCUT2D eigenvalue weighted by Crippen LogP contribution is -2.00. The highest BCUT2D eigenvalue weighted by Crippen LogP contribution is 2.27. The van der Waals surface area contributed by atoms with Gasteiger partial charge in [0.15, 0.2) is 17.2 Å². The van der Waals surface area contributed by atoms with Crippen molar-refractivity contribution in [3.05, 3.63) is 68.6 Å². The normalized spacial score (nSPS) is 10.9. The van der Waals surface area contributed by atoms with Crippen molar-refractivity contribution in [1.82, 2.24) is 0 Å². The Morgan fingerprint density at radius 1 is 1.10 bits per heavy atom. The molecule has 0 N–H and O–H groups in total. The van der Waals surface area contributed by atoms with Crippen molar-refractivity contribution in [1.29, 1.82) is 0 Å². The Morgan fingerprint density at radius 3 is 2.60 bits per heavy atom. The molecule has 0 atom stereocenters. The lowest BCUT2D eigenvalue weighted by atomic mass is 10.1. The molecule has 1 heterocycles. The summed E-state index contributed by atoms with van der Waals surface area (Å²) in [5.41, 5.74) is 0.566. The van der Waals surface area contributed by atoms with Gasteiger partial charge in [0.1, 0.15) is 0 Å². The van der Waals surface area contributed by atoms with E-state index in [0.29, 0.717) is 15.4 Å². The summed E-state index contributed by atoms with van der Waals surface area (Å²) in [6, 6.07) is 11.4. The first-order chi connectivity index (χ1) is 9.56. The molecule has 100 valence electrons. The van der Waals surface area contributed by atoms with Crippen LogP contribution in [-0.2, 0) is 0 Å². The van der Waals surface area contributed by atoms with Crippen molar-refractivity contribution < 1.29 is 13.6 Å². The third kappa shape index (κ3) is 2.31. The third-order valence-electron chi connectivity index (χ3n) is 2.90. The van der Waals surface area contributed by atoms with Crippen molar-refractivity contribution in [2.75, 3.05) is 0 Å². The molecule has 0 aliphatic rings. The zero-order valence-electron chi connectivity index (χ0n) is 9.99. The molecule has 0 unspecified atom stereocenters. The number of para-hydroxylation sites is 1. The summed E-state index contributed by atoms with van der Waals surface area (Å²) in [7, 11) is 0. The molecule has 5 heteroatoms. The molecule has 0 saturated carbocycles. The Hall–Kier alpha value is -1.46. The zero-order chi connectivity index (χ0) is 14.3. The van der Waals surface area contributed by atoms with E-state index in [0.717, 1.165) is 4.47 Å². The van der Waals surface area contributed by atoms with Crippen LogP contribution in [-0.4, -0.2) is 5.78 Å². The third-order valence-corrected chi connectivity index (χ3v) is 4.04. The fourth-order valence-electron chi connectivity index (χ4n) is 1.95. The molecular weight excluding hydrogens is 391 g/mol. The fraction of sp³-hybridized carbons (Fsp3) is 0. The van der Waals surface area contributed by atoms with E-state index in [4.69, 9.17) is 4.42 Å². The van der Waals surface area contributed by atoms with Gasteiger partial charge in [-0.15, -0.1) is 0 Å². The first kappa shape index (κ1) is 13.5. The molecule has 20 heavy (non-hydrogen) atoms. The number of hydrogen-bond acceptors (Lipinski definition) is 2. The molecule has 0 amide bonds. The van der Waals surface area contributed by atoms with Gasteiger partial charge in [0.2, 0.25) is 5.78 Å². The number of rotatable bonds is 2. The number of halogens is 3. The Morgan fingerprint density at radius 2 is 1.90 bits per heavy atom. The molecule has 2 aromatic carbocycles. The average Bonchev–Trinajstić information content (AvgIpc) is 2.83. The topological polar surface area (TPSA) is 30.2 Å². The Bertz CT molecular complexity index is 824. The summed E-state index contributed by atoms with van der Waals surface area (Å²) < 4.78 is 20.4. The maximum atomic E-state index is 13.6. The first-order valence-corrected chi connectivity index (χ1v) is 7.32. The van der Waals surface area contributed by atoms with E-state index in [1.165, 1.54) is 6.07 Å². The second kappa shape index (κ2) is 5.14. The van der Waals surface area contributed by atoms with E-state index < -0.39 is 5.82 Å². The summed E-state index contributed by atoms with van der Waals surface area (Å²) in [5.74, 6) is -0.649. The van der Waals surface area contributed by atoms with Crippen LogP contribution in [0.25, 0.3) is 11.0 Å². The summed E-state index contributed by atoms with van der Waals surface area (Å²) in [6.07, 6.45) is 0. The lowest BCUT2D eigenvalue weighted by Gasteiger charge is -2.01. The van der Waals surface area contributed by atoms with Crippen LogP contribution in [0.1, 0.15) is 16.1 Å². The van der Waals surface area contributed by atoms with Crippen LogP contribution >= 0.6 is 31.9 Å². The minimum absolute atomic E-state index is 0.101. The minimum atomic E-state index is -0.476. The average molecular weight is 398 g/mol. The van der Waals surface area contributed by atoms with Crippen LogP contribution in [0.3, 0.4) is 0 Å². The van der Waals surface area contributed by atoms with Crippen molar-refractivity contribution >= 4 is 48.6 Å². The van der Waals surface area contributed by atoms with Gasteiger partial charge >= 0.3 is 0 Å². The molecule has 0 fully saturated rings. The van der Waals surface area contributed by atoms with Crippen LogP contribution in [0, 0.1) is 5.82 Å².